The maximum atomic E-state index is 4.39. The van der Waals surface area contributed by atoms with Crippen molar-refractivity contribution in [1.29, 1.82) is 0 Å². The van der Waals surface area contributed by atoms with Gasteiger partial charge in [0.15, 0.2) is 5.82 Å². The van der Waals surface area contributed by atoms with Gasteiger partial charge in [0, 0.05) is 32.2 Å². The molecule has 1 unspecified atom stereocenters. The molecule has 5 heteroatoms. The average molecular weight is 277 g/mol. The number of piperazine rings is 1. The summed E-state index contributed by atoms with van der Waals surface area (Å²) in [4.78, 5) is 4.79. The van der Waals surface area contributed by atoms with Gasteiger partial charge in [0.05, 0.1) is 5.69 Å². The zero-order valence-corrected chi connectivity index (χ0v) is 13.0. The number of nitrogens with one attached hydrogen (secondary N) is 1. The van der Waals surface area contributed by atoms with Gasteiger partial charge in [-0.05, 0) is 38.6 Å². The summed E-state index contributed by atoms with van der Waals surface area (Å²) in [7, 11) is 2.21. The number of nitrogens with zero attached hydrogens (tertiary/aromatic N) is 4. The van der Waals surface area contributed by atoms with Crippen molar-refractivity contribution in [3.63, 3.8) is 0 Å². The van der Waals surface area contributed by atoms with Crippen LogP contribution in [-0.2, 0) is 6.54 Å². The smallest absolute Gasteiger partial charge is 0.151 e. The van der Waals surface area contributed by atoms with Crippen molar-refractivity contribution in [3.05, 3.63) is 17.8 Å². The molecular formula is C15H27N5. The van der Waals surface area contributed by atoms with Gasteiger partial charge in [0.25, 0.3) is 0 Å². The van der Waals surface area contributed by atoms with Crippen LogP contribution in [0.1, 0.15) is 32.4 Å². The molecule has 20 heavy (non-hydrogen) atoms. The Morgan fingerprint density at radius 1 is 1.25 bits per heavy atom. The van der Waals surface area contributed by atoms with Gasteiger partial charge in [-0.25, -0.2) is 0 Å². The van der Waals surface area contributed by atoms with E-state index in [4.69, 9.17) is 0 Å². The molecule has 1 aromatic heterocycles. The maximum absolute atomic E-state index is 4.39. The number of hydrogen-bond acceptors (Lipinski definition) is 5. The van der Waals surface area contributed by atoms with Crippen LogP contribution in [-0.4, -0.2) is 54.4 Å². The van der Waals surface area contributed by atoms with Gasteiger partial charge in [-0.15, -0.1) is 5.10 Å². The van der Waals surface area contributed by atoms with E-state index in [9.17, 15) is 0 Å². The van der Waals surface area contributed by atoms with Crippen LogP contribution in [0.5, 0.6) is 0 Å². The summed E-state index contributed by atoms with van der Waals surface area (Å²) in [5.74, 6) is 1.01. The van der Waals surface area contributed by atoms with Crippen LogP contribution in [0.4, 0.5) is 5.82 Å². The van der Waals surface area contributed by atoms with Gasteiger partial charge in [-0.3, -0.25) is 4.90 Å². The Balaban J connectivity index is 1.92. The van der Waals surface area contributed by atoms with E-state index in [0.29, 0.717) is 6.04 Å². The Bertz CT molecular complexity index is 392. The molecule has 1 atom stereocenters. The fraction of sp³-hybridized carbons (Fsp3) is 0.733. The van der Waals surface area contributed by atoms with Crippen molar-refractivity contribution in [3.8, 4) is 0 Å². The zero-order valence-electron chi connectivity index (χ0n) is 13.0. The highest BCUT2D eigenvalue weighted by Gasteiger charge is 2.23. The molecule has 1 fully saturated rings. The Morgan fingerprint density at radius 3 is 2.75 bits per heavy atom. The Kier molecular flexibility index (Phi) is 5.73. The van der Waals surface area contributed by atoms with E-state index >= 15 is 0 Å². The minimum Gasteiger partial charge on any atom is -0.352 e. The maximum Gasteiger partial charge on any atom is 0.151 e. The van der Waals surface area contributed by atoms with E-state index in [2.05, 4.69) is 58.3 Å². The third-order valence-electron chi connectivity index (χ3n) is 4.01. The summed E-state index contributed by atoms with van der Waals surface area (Å²) >= 11 is 0. The SMILES string of the molecule is CCCNCc1ccc(N2CCN(C)C(CC)C2)nn1. The highest BCUT2D eigenvalue weighted by atomic mass is 15.3. The van der Waals surface area contributed by atoms with Gasteiger partial charge in [0.1, 0.15) is 0 Å². The summed E-state index contributed by atoms with van der Waals surface area (Å²) in [5, 5.41) is 12.1. The fourth-order valence-electron chi connectivity index (χ4n) is 2.60. The fourth-order valence-corrected chi connectivity index (χ4v) is 2.60. The second-order valence-electron chi connectivity index (χ2n) is 5.55. The Labute approximate surface area is 122 Å². The van der Waals surface area contributed by atoms with E-state index in [0.717, 1.165) is 50.7 Å². The van der Waals surface area contributed by atoms with Crippen LogP contribution in [0.15, 0.2) is 12.1 Å². The van der Waals surface area contributed by atoms with Crippen LogP contribution >= 0.6 is 0 Å². The van der Waals surface area contributed by atoms with Gasteiger partial charge in [0.2, 0.25) is 0 Å². The number of anilines is 1. The van der Waals surface area contributed by atoms with Crippen molar-refractivity contribution in [2.75, 3.05) is 38.1 Å². The van der Waals surface area contributed by atoms with Crippen LogP contribution < -0.4 is 10.2 Å². The number of aromatic nitrogens is 2. The second-order valence-corrected chi connectivity index (χ2v) is 5.55. The molecule has 1 aliphatic rings. The van der Waals surface area contributed by atoms with Crippen molar-refractivity contribution in [2.45, 2.75) is 39.3 Å². The first-order chi connectivity index (χ1) is 9.74. The predicted octanol–water partition coefficient (Wildman–Crippen LogP) is 1.51. The van der Waals surface area contributed by atoms with Crippen molar-refractivity contribution in [2.24, 2.45) is 0 Å². The molecule has 1 aliphatic heterocycles. The molecule has 2 rings (SSSR count). The van der Waals surface area contributed by atoms with Gasteiger partial charge >= 0.3 is 0 Å². The predicted molar refractivity (Wildman–Crippen MR) is 83.0 cm³/mol. The molecule has 0 saturated carbocycles. The van der Waals surface area contributed by atoms with Gasteiger partial charge in [-0.2, -0.15) is 5.10 Å². The lowest BCUT2D eigenvalue weighted by Gasteiger charge is -2.39. The van der Waals surface area contributed by atoms with Gasteiger partial charge in [-0.1, -0.05) is 13.8 Å². The lowest BCUT2D eigenvalue weighted by molar-refractivity contribution is 0.212. The molecule has 1 saturated heterocycles. The second kappa shape index (κ2) is 7.55. The summed E-state index contributed by atoms with van der Waals surface area (Å²) in [6, 6.07) is 4.81. The molecule has 1 N–H and O–H groups in total. The van der Waals surface area contributed by atoms with E-state index in [1.54, 1.807) is 0 Å². The first-order valence-corrected chi connectivity index (χ1v) is 7.73. The first kappa shape index (κ1) is 15.2. The van der Waals surface area contributed by atoms with Crippen LogP contribution in [0, 0.1) is 0 Å². The molecule has 112 valence electrons. The topological polar surface area (TPSA) is 44.3 Å². The van der Waals surface area contributed by atoms with E-state index in [1.807, 2.05) is 0 Å². The number of hydrogen-bond donors (Lipinski definition) is 1. The number of rotatable bonds is 6. The molecule has 0 spiro atoms. The molecule has 2 heterocycles. The summed E-state index contributed by atoms with van der Waals surface area (Å²) in [6.45, 7) is 9.43. The highest BCUT2D eigenvalue weighted by molar-refractivity contribution is 5.38. The Morgan fingerprint density at radius 2 is 2.10 bits per heavy atom. The Hall–Kier alpha value is -1.20. The molecule has 1 aromatic rings. The molecule has 0 aliphatic carbocycles. The van der Waals surface area contributed by atoms with Crippen LogP contribution in [0.25, 0.3) is 0 Å². The van der Waals surface area contributed by atoms with Gasteiger partial charge < -0.3 is 10.2 Å². The third kappa shape index (κ3) is 3.90. The summed E-state index contributed by atoms with van der Waals surface area (Å²) in [5.41, 5.74) is 1.02. The molecule has 0 bridgehead atoms. The first-order valence-electron chi connectivity index (χ1n) is 7.73. The quantitative estimate of drug-likeness (QED) is 0.799. The molecular weight excluding hydrogens is 250 g/mol. The molecule has 0 amide bonds. The number of likely N-dealkylation sites (N-methyl/N-ethyl adjacent to an activating group) is 1. The highest BCUT2D eigenvalue weighted by Crippen LogP contribution is 2.17. The summed E-state index contributed by atoms with van der Waals surface area (Å²) in [6.07, 6.45) is 2.32. The molecule has 0 aromatic carbocycles. The minimum atomic E-state index is 0.622. The van der Waals surface area contributed by atoms with E-state index < -0.39 is 0 Å². The van der Waals surface area contributed by atoms with Crippen LogP contribution in [0.2, 0.25) is 0 Å². The average Bonchev–Trinajstić information content (AvgIpc) is 2.49. The van der Waals surface area contributed by atoms with Crippen molar-refractivity contribution >= 4 is 5.82 Å². The minimum absolute atomic E-state index is 0.622. The lowest BCUT2D eigenvalue weighted by Crippen LogP contribution is -2.51. The summed E-state index contributed by atoms with van der Waals surface area (Å²) < 4.78 is 0. The largest absolute Gasteiger partial charge is 0.352 e. The standard InChI is InChI=1S/C15H27N5/c1-4-8-16-11-13-6-7-15(18-17-13)20-10-9-19(3)14(5-2)12-20/h6-7,14,16H,4-5,8-12H2,1-3H3. The normalized spacial score (nSPS) is 20.4. The van der Waals surface area contributed by atoms with Crippen molar-refractivity contribution < 1.29 is 0 Å². The van der Waals surface area contributed by atoms with E-state index in [-0.39, 0.29) is 0 Å². The third-order valence-corrected chi connectivity index (χ3v) is 4.01. The monoisotopic (exact) mass is 277 g/mol. The van der Waals surface area contributed by atoms with E-state index in [1.165, 1.54) is 6.42 Å². The lowest BCUT2D eigenvalue weighted by atomic mass is 10.1. The zero-order chi connectivity index (χ0) is 14.4. The van der Waals surface area contributed by atoms with Crippen molar-refractivity contribution in [1.82, 2.24) is 20.4 Å². The molecule has 5 nitrogen and oxygen atoms in total. The molecule has 0 radical (unpaired) electrons. The van der Waals surface area contributed by atoms with Crippen LogP contribution in [0.3, 0.4) is 0 Å².